The van der Waals surface area contributed by atoms with Gasteiger partial charge in [-0.2, -0.15) is 5.10 Å². The van der Waals surface area contributed by atoms with Gasteiger partial charge in [-0.25, -0.2) is 4.52 Å². The minimum Gasteiger partial charge on any atom is -0.312 e. The first-order chi connectivity index (χ1) is 9.86. The number of hydrogen-bond donors (Lipinski definition) is 1. The summed E-state index contributed by atoms with van der Waals surface area (Å²) in [6.45, 7) is 4.41. The van der Waals surface area contributed by atoms with E-state index < -0.39 is 0 Å². The summed E-state index contributed by atoms with van der Waals surface area (Å²) in [6.07, 6.45) is 11.0. The van der Waals surface area contributed by atoms with Gasteiger partial charge in [0.25, 0.3) is 0 Å². The van der Waals surface area contributed by atoms with Crippen molar-refractivity contribution in [3.63, 3.8) is 0 Å². The zero-order valence-corrected chi connectivity index (χ0v) is 12.4. The molecular formula is C17H25N3. The molecule has 0 atom stereocenters. The summed E-state index contributed by atoms with van der Waals surface area (Å²) in [4.78, 5) is 0. The van der Waals surface area contributed by atoms with Crippen molar-refractivity contribution < 1.29 is 0 Å². The van der Waals surface area contributed by atoms with Crippen molar-refractivity contribution in [2.45, 2.75) is 45.6 Å². The maximum atomic E-state index is 4.38. The van der Waals surface area contributed by atoms with Crippen LogP contribution in [0, 0.1) is 11.8 Å². The van der Waals surface area contributed by atoms with Gasteiger partial charge in [0, 0.05) is 18.3 Å². The van der Waals surface area contributed by atoms with Gasteiger partial charge in [0.1, 0.15) is 0 Å². The van der Waals surface area contributed by atoms with Crippen LogP contribution in [0.5, 0.6) is 0 Å². The van der Waals surface area contributed by atoms with E-state index in [1.165, 1.54) is 43.2 Å². The van der Waals surface area contributed by atoms with Gasteiger partial charge in [-0.05, 0) is 43.4 Å². The molecule has 0 bridgehead atoms. The molecule has 1 aliphatic carbocycles. The lowest BCUT2D eigenvalue weighted by Crippen LogP contribution is -2.26. The molecule has 1 aliphatic rings. The second-order valence-electron chi connectivity index (χ2n) is 6.13. The van der Waals surface area contributed by atoms with Gasteiger partial charge in [-0.3, -0.25) is 0 Å². The quantitative estimate of drug-likeness (QED) is 0.899. The molecule has 2 aromatic rings. The van der Waals surface area contributed by atoms with Crippen molar-refractivity contribution >= 4 is 5.52 Å². The summed E-state index contributed by atoms with van der Waals surface area (Å²) in [7, 11) is 0. The van der Waals surface area contributed by atoms with Crippen LogP contribution >= 0.6 is 0 Å². The smallest absolute Gasteiger partial charge is 0.0706 e. The predicted molar refractivity (Wildman–Crippen MR) is 82.6 cm³/mol. The summed E-state index contributed by atoms with van der Waals surface area (Å²) >= 11 is 0. The van der Waals surface area contributed by atoms with E-state index in [2.05, 4.69) is 29.5 Å². The fourth-order valence-corrected chi connectivity index (χ4v) is 3.38. The van der Waals surface area contributed by atoms with E-state index in [0.29, 0.717) is 0 Å². The van der Waals surface area contributed by atoms with Crippen LogP contribution in [0.15, 0.2) is 30.6 Å². The summed E-state index contributed by atoms with van der Waals surface area (Å²) in [6, 6.07) is 6.23. The average Bonchev–Trinajstić information content (AvgIpc) is 2.92. The Morgan fingerprint density at radius 1 is 1.20 bits per heavy atom. The van der Waals surface area contributed by atoms with Crippen LogP contribution in [0.3, 0.4) is 0 Å². The number of hydrogen-bond acceptors (Lipinski definition) is 2. The maximum Gasteiger partial charge on any atom is 0.0706 e. The van der Waals surface area contributed by atoms with Gasteiger partial charge in [0.2, 0.25) is 0 Å². The highest BCUT2D eigenvalue weighted by molar-refractivity contribution is 5.53. The first-order valence-electron chi connectivity index (χ1n) is 7.98. The van der Waals surface area contributed by atoms with Crippen molar-refractivity contribution in [3.8, 4) is 0 Å². The molecule has 0 radical (unpaired) electrons. The number of aromatic nitrogens is 2. The molecule has 0 amide bonds. The lowest BCUT2D eigenvalue weighted by molar-refractivity contribution is 0.262. The Hall–Kier alpha value is -1.35. The minimum absolute atomic E-state index is 0.875. The maximum absolute atomic E-state index is 4.38. The third-order valence-electron chi connectivity index (χ3n) is 4.80. The van der Waals surface area contributed by atoms with Crippen LogP contribution < -0.4 is 5.32 Å². The number of nitrogens with zero attached hydrogens (tertiary/aromatic N) is 2. The standard InChI is InChI=1S/C17H25N3/c1-2-14-6-8-15(9-7-14)11-18-12-16-13-19-20-10-4-3-5-17(16)20/h3-5,10,13-15,18H,2,6-9,11-12H2,1H3. The van der Waals surface area contributed by atoms with E-state index in [0.717, 1.165) is 24.9 Å². The second kappa shape index (κ2) is 6.40. The molecule has 0 aliphatic heterocycles. The van der Waals surface area contributed by atoms with Crippen LogP contribution in [-0.4, -0.2) is 16.2 Å². The molecule has 108 valence electrons. The zero-order chi connectivity index (χ0) is 13.8. The summed E-state index contributed by atoms with van der Waals surface area (Å²) in [5.74, 6) is 1.87. The fourth-order valence-electron chi connectivity index (χ4n) is 3.38. The minimum atomic E-state index is 0.875. The number of nitrogens with one attached hydrogen (secondary N) is 1. The van der Waals surface area contributed by atoms with E-state index in [4.69, 9.17) is 0 Å². The predicted octanol–water partition coefficient (Wildman–Crippen LogP) is 3.64. The molecule has 1 saturated carbocycles. The SMILES string of the molecule is CCC1CCC(CNCc2cnn3ccccc23)CC1. The van der Waals surface area contributed by atoms with E-state index >= 15 is 0 Å². The highest BCUT2D eigenvalue weighted by atomic mass is 15.2. The normalized spacial score (nSPS) is 23.2. The highest BCUT2D eigenvalue weighted by Crippen LogP contribution is 2.30. The largest absolute Gasteiger partial charge is 0.312 e. The van der Waals surface area contributed by atoms with Gasteiger partial charge in [0.15, 0.2) is 0 Å². The van der Waals surface area contributed by atoms with Crippen LogP contribution in [0.1, 0.15) is 44.6 Å². The van der Waals surface area contributed by atoms with Crippen LogP contribution in [-0.2, 0) is 6.54 Å². The van der Waals surface area contributed by atoms with Crippen LogP contribution in [0.25, 0.3) is 5.52 Å². The molecule has 3 heteroatoms. The van der Waals surface area contributed by atoms with Gasteiger partial charge in [0.05, 0.1) is 11.7 Å². The number of fused-ring (bicyclic) bond motifs is 1. The van der Waals surface area contributed by atoms with Crippen molar-refractivity contribution in [2.24, 2.45) is 11.8 Å². The molecule has 2 aromatic heterocycles. The summed E-state index contributed by atoms with van der Waals surface area (Å²) in [5, 5.41) is 8.01. The Balaban J connectivity index is 1.48. The van der Waals surface area contributed by atoms with Crippen molar-refractivity contribution in [1.29, 1.82) is 0 Å². The highest BCUT2D eigenvalue weighted by Gasteiger charge is 2.19. The Bertz CT molecular complexity index is 538. The molecule has 3 nitrogen and oxygen atoms in total. The van der Waals surface area contributed by atoms with Gasteiger partial charge in [-0.1, -0.05) is 32.3 Å². The molecule has 0 aromatic carbocycles. The van der Waals surface area contributed by atoms with Gasteiger partial charge < -0.3 is 5.32 Å². The van der Waals surface area contributed by atoms with Crippen LogP contribution in [0.2, 0.25) is 0 Å². The molecule has 3 rings (SSSR count). The van der Waals surface area contributed by atoms with Crippen LogP contribution in [0.4, 0.5) is 0 Å². The van der Waals surface area contributed by atoms with Crippen molar-refractivity contribution in [3.05, 3.63) is 36.2 Å². The van der Waals surface area contributed by atoms with Gasteiger partial charge in [-0.15, -0.1) is 0 Å². The van der Waals surface area contributed by atoms with E-state index in [1.807, 2.05) is 23.0 Å². The molecule has 1 N–H and O–H groups in total. The monoisotopic (exact) mass is 271 g/mol. The topological polar surface area (TPSA) is 29.3 Å². The van der Waals surface area contributed by atoms with E-state index in [9.17, 15) is 0 Å². The van der Waals surface area contributed by atoms with Gasteiger partial charge >= 0.3 is 0 Å². The average molecular weight is 271 g/mol. The Morgan fingerprint density at radius 3 is 2.80 bits per heavy atom. The van der Waals surface area contributed by atoms with E-state index in [1.54, 1.807) is 0 Å². The number of rotatable bonds is 5. The zero-order valence-electron chi connectivity index (χ0n) is 12.4. The molecule has 0 spiro atoms. The fraction of sp³-hybridized carbons (Fsp3) is 0.588. The molecule has 0 unspecified atom stereocenters. The summed E-state index contributed by atoms with van der Waals surface area (Å²) < 4.78 is 1.95. The Kier molecular flexibility index (Phi) is 4.36. The molecule has 20 heavy (non-hydrogen) atoms. The molecule has 2 heterocycles. The van der Waals surface area contributed by atoms with E-state index in [-0.39, 0.29) is 0 Å². The third kappa shape index (κ3) is 3.04. The summed E-state index contributed by atoms with van der Waals surface area (Å²) in [5.41, 5.74) is 2.52. The lowest BCUT2D eigenvalue weighted by atomic mass is 9.81. The number of pyridine rings is 1. The molecule has 0 saturated heterocycles. The first kappa shape index (κ1) is 13.6. The first-order valence-corrected chi connectivity index (χ1v) is 7.98. The molecule has 1 fully saturated rings. The second-order valence-corrected chi connectivity index (χ2v) is 6.13. The van der Waals surface area contributed by atoms with Crippen molar-refractivity contribution in [1.82, 2.24) is 14.9 Å². The lowest BCUT2D eigenvalue weighted by Gasteiger charge is -2.27. The Labute approximate surface area is 121 Å². The van der Waals surface area contributed by atoms with Crippen molar-refractivity contribution in [2.75, 3.05) is 6.54 Å². The Morgan fingerprint density at radius 2 is 2.00 bits per heavy atom. The third-order valence-corrected chi connectivity index (χ3v) is 4.80. The molecular weight excluding hydrogens is 246 g/mol.